The predicted molar refractivity (Wildman–Crippen MR) is 71.4 cm³/mol. The number of hydrogen-bond donors (Lipinski definition) is 1. The van der Waals surface area contributed by atoms with Crippen molar-refractivity contribution in [1.29, 1.82) is 0 Å². The van der Waals surface area contributed by atoms with Gasteiger partial charge in [0.15, 0.2) is 0 Å². The van der Waals surface area contributed by atoms with Crippen LogP contribution < -0.4 is 0 Å². The lowest BCUT2D eigenvalue weighted by atomic mass is 10.00. The molecule has 0 bridgehead atoms. The standard InChI is InChI=1S/C12H19ClN2OS/c13-7-10-9-17-12(14-10)8-15-5-2-1-3-11(15)4-6-16/h9,11,16H,1-8H2. The Hall–Kier alpha value is -0.160. The first kappa shape index (κ1) is 13.3. The van der Waals surface area contributed by atoms with Gasteiger partial charge in [0.2, 0.25) is 0 Å². The summed E-state index contributed by atoms with van der Waals surface area (Å²) in [4.78, 5) is 6.95. The third kappa shape index (κ3) is 3.65. The van der Waals surface area contributed by atoms with Gasteiger partial charge < -0.3 is 5.11 Å². The van der Waals surface area contributed by atoms with E-state index in [0.29, 0.717) is 11.9 Å². The molecule has 0 aromatic carbocycles. The third-order valence-electron chi connectivity index (χ3n) is 3.29. The van der Waals surface area contributed by atoms with Crippen molar-refractivity contribution >= 4 is 22.9 Å². The molecule has 1 atom stereocenters. The fourth-order valence-electron chi connectivity index (χ4n) is 2.40. The number of halogens is 1. The Morgan fingerprint density at radius 1 is 1.53 bits per heavy atom. The first-order valence-electron chi connectivity index (χ1n) is 6.17. The minimum Gasteiger partial charge on any atom is -0.396 e. The minimum absolute atomic E-state index is 0.284. The van der Waals surface area contributed by atoms with Crippen LogP contribution in [0, 0.1) is 0 Å². The van der Waals surface area contributed by atoms with Gasteiger partial charge in [0.25, 0.3) is 0 Å². The molecule has 2 heterocycles. The molecule has 0 saturated carbocycles. The summed E-state index contributed by atoms with van der Waals surface area (Å²) in [6, 6.07) is 0.525. The molecule has 1 saturated heterocycles. The second-order valence-electron chi connectivity index (χ2n) is 4.50. The lowest BCUT2D eigenvalue weighted by Gasteiger charge is -2.34. The Bertz CT molecular complexity index is 343. The van der Waals surface area contributed by atoms with Crippen molar-refractivity contribution in [2.24, 2.45) is 0 Å². The summed E-state index contributed by atoms with van der Waals surface area (Å²) in [6.07, 6.45) is 4.63. The van der Waals surface area contributed by atoms with E-state index in [4.69, 9.17) is 16.7 Å². The SMILES string of the molecule is OCCC1CCCCN1Cc1nc(CCl)cs1. The summed E-state index contributed by atoms with van der Waals surface area (Å²) < 4.78 is 0. The van der Waals surface area contributed by atoms with Crippen molar-refractivity contribution in [3.63, 3.8) is 0 Å². The Kier molecular flexibility index (Phi) is 5.22. The van der Waals surface area contributed by atoms with Crippen molar-refractivity contribution in [3.05, 3.63) is 16.1 Å². The highest BCUT2D eigenvalue weighted by Crippen LogP contribution is 2.23. The van der Waals surface area contributed by atoms with Crippen LogP contribution in [0.25, 0.3) is 0 Å². The summed E-state index contributed by atoms with van der Waals surface area (Å²) >= 11 is 7.45. The smallest absolute Gasteiger partial charge is 0.107 e. The molecule has 0 aliphatic carbocycles. The number of hydrogen-bond acceptors (Lipinski definition) is 4. The average Bonchev–Trinajstić information content (AvgIpc) is 2.80. The number of rotatable bonds is 5. The van der Waals surface area contributed by atoms with Crippen molar-refractivity contribution in [2.45, 2.75) is 44.1 Å². The zero-order chi connectivity index (χ0) is 12.1. The molecule has 1 unspecified atom stereocenters. The Labute approximate surface area is 111 Å². The van der Waals surface area contributed by atoms with Gasteiger partial charge in [0, 0.05) is 18.0 Å². The number of aromatic nitrogens is 1. The Morgan fingerprint density at radius 3 is 3.12 bits per heavy atom. The molecule has 1 aliphatic rings. The quantitative estimate of drug-likeness (QED) is 0.839. The van der Waals surface area contributed by atoms with E-state index in [1.54, 1.807) is 11.3 Å². The van der Waals surface area contributed by atoms with Crippen LogP contribution in [-0.2, 0) is 12.4 Å². The van der Waals surface area contributed by atoms with Gasteiger partial charge in [-0.15, -0.1) is 22.9 Å². The van der Waals surface area contributed by atoms with Gasteiger partial charge in [0.1, 0.15) is 5.01 Å². The van der Waals surface area contributed by atoms with Crippen LogP contribution >= 0.6 is 22.9 Å². The van der Waals surface area contributed by atoms with E-state index in [2.05, 4.69) is 9.88 Å². The van der Waals surface area contributed by atoms with Gasteiger partial charge in [-0.05, 0) is 25.8 Å². The summed E-state index contributed by atoms with van der Waals surface area (Å²) in [5.41, 5.74) is 0.974. The van der Waals surface area contributed by atoms with Crippen LogP contribution in [0.15, 0.2) is 5.38 Å². The maximum Gasteiger partial charge on any atom is 0.107 e. The van der Waals surface area contributed by atoms with Crippen LogP contribution in [0.1, 0.15) is 36.4 Å². The highest BCUT2D eigenvalue weighted by atomic mass is 35.5. The molecule has 2 rings (SSSR count). The minimum atomic E-state index is 0.284. The van der Waals surface area contributed by atoms with E-state index < -0.39 is 0 Å². The monoisotopic (exact) mass is 274 g/mol. The van der Waals surface area contributed by atoms with E-state index in [1.807, 2.05) is 5.38 Å². The highest BCUT2D eigenvalue weighted by molar-refractivity contribution is 7.09. The van der Waals surface area contributed by atoms with Gasteiger partial charge >= 0.3 is 0 Å². The maximum absolute atomic E-state index is 9.09. The molecule has 3 nitrogen and oxygen atoms in total. The van der Waals surface area contributed by atoms with Gasteiger partial charge in [0.05, 0.1) is 18.1 Å². The van der Waals surface area contributed by atoms with E-state index in [9.17, 15) is 0 Å². The number of thiazole rings is 1. The van der Waals surface area contributed by atoms with Crippen LogP contribution in [-0.4, -0.2) is 34.2 Å². The largest absolute Gasteiger partial charge is 0.396 e. The van der Waals surface area contributed by atoms with Crippen LogP contribution in [0.3, 0.4) is 0 Å². The summed E-state index contributed by atoms with van der Waals surface area (Å²) in [5.74, 6) is 0.497. The van der Waals surface area contributed by atoms with Gasteiger partial charge in [-0.1, -0.05) is 6.42 Å². The molecule has 1 N–H and O–H groups in total. The van der Waals surface area contributed by atoms with Gasteiger partial charge in [-0.3, -0.25) is 4.90 Å². The molecule has 1 aromatic rings. The van der Waals surface area contributed by atoms with Crippen LogP contribution in [0.5, 0.6) is 0 Å². The van der Waals surface area contributed by atoms with Crippen molar-refractivity contribution in [3.8, 4) is 0 Å². The highest BCUT2D eigenvalue weighted by Gasteiger charge is 2.22. The summed E-state index contributed by atoms with van der Waals surface area (Å²) in [5, 5.41) is 12.3. The molecule has 96 valence electrons. The van der Waals surface area contributed by atoms with Crippen LogP contribution in [0.4, 0.5) is 0 Å². The molecule has 0 spiro atoms. The fraction of sp³-hybridized carbons (Fsp3) is 0.750. The second kappa shape index (κ2) is 6.69. The van der Waals surface area contributed by atoms with Crippen molar-refractivity contribution < 1.29 is 5.11 Å². The molecule has 0 radical (unpaired) electrons. The van der Waals surface area contributed by atoms with E-state index in [1.165, 1.54) is 19.3 Å². The maximum atomic E-state index is 9.09. The molecule has 1 aliphatic heterocycles. The predicted octanol–water partition coefficient (Wildman–Crippen LogP) is 2.62. The molecular formula is C12H19ClN2OS. The Balaban J connectivity index is 1.95. The zero-order valence-electron chi connectivity index (χ0n) is 9.94. The molecule has 5 heteroatoms. The number of alkyl halides is 1. The molecule has 17 heavy (non-hydrogen) atoms. The van der Waals surface area contributed by atoms with E-state index >= 15 is 0 Å². The van der Waals surface area contributed by atoms with Gasteiger partial charge in [-0.25, -0.2) is 4.98 Å². The molecule has 1 aromatic heterocycles. The van der Waals surface area contributed by atoms with Crippen LogP contribution in [0.2, 0.25) is 0 Å². The molecule has 1 fully saturated rings. The number of piperidine rings is 1. The molecule has 0 amide bonds. The van der Waals surface area contributed by atoms with Crippen molar-refractivity contribution in [1.82, 2.24) is 9.88 Å². The summed E-state index contributed by atoms with van der Waals surface area (Å²) in [7, 11) is 0. The van der Waals surface area contributed by atoms with Crippen molar-refractivity contribution in [2.75, 3.05) is 13.2 Å². The third-order valence-corrected chi connectivity index (χ3v) is 4.44. The van der Waals surface area contributed by atoms with E-state index in [0.717, 1.165) is 30.2 Å². The summed E-state index contributed by atoms with van der Waals surface area (Å²) in [6.45, 7) is 2.32. The second-order valence-corrected chi connectivity index (χ2v) is 5.71. The van der Waals surface area contributed by atoms with Gasteiger partial charge in [-0.2, -0.15) is 0 Å². The topological polar surface area (TPSA) is 36.4 Å². The normalized spacial score (nSPS) is 21.9. The number of likely N-dealkylation sites (tertiary alicyclic amines) is 1. The lowest BCUT2D eigenvalue weighted by molar-refractivity contribution is 0.112. The number of aliphatic hydroxyl groups is 1. The number of aliphatic hydroxyl groups excluding tert-OH is 1. The number of nitrogens with zero attached hydrogens (tertiary/aromatic N) is 2. The fourth-order valence-corrected chi connectivity index (χ4v) is 3.45. The van der Waals surface area contributed by atoms with E-state index in [-0.39, 0.29) is 6.61 Å². The first-order valence-corrected chi connectivity index (χ1v) is 7.59. The first-order chi connectivity index (χ1) is 8.33. The zero-order valence-corrected chi connectivity index (χ0v) is 11.5. The average molecular weight is 275 g/mol. The lowest BCUT2D eigenvalue weighted by Crippen LogP contribution is -2.39. The molecular weight excluding hydrogens is 256 g/mol. The Morgan fingerprint density at radius 2 is 2.41 bits per heavy atom.